The number of anilines is 2. The Kier molecular flexibility index (Phi) is 5.05. The number of nitrogens with one attached hydrogen (secondary N) is 2. The predicted molar refractivity (Wildman–Crippen MR) is 93.3 cm³/mol. The zero-order chi connectivity index (χ0) is 17.0. The van der Waals surface area contributed by atoms with Gasteiger partial charge in [-0.25, -0.2) is 4.79 Å². The number of benzene rings is 1. The lowest BCUT2D eigenvalue weighted by Crippen LogP contribution is -2.27. The Morgan fingerprint density at radius 2 is 1.74 bits per heavy atom. The third-order valence-electron chi connectivity index (χ3n) is 2.90. The van der Waals surface area contributed by atoms with Crippen LogP contribution in [0, 0.1) is 6.92 Å². The molecule has 1 heterocycles. The lowest BCUT2D eigenvalue weighted by Gasteiger charge is -2.19. The first-order chi connectivity index (χ1) is 10.8. The minimum atomic E-state index is -0.594. The molecule has 23 heavy (non-hydrogen) atoms. The summed E-state index contributed by atoms with van der Waals surface area (Å²) in [7, 11) is 0. The van der Waals surface area contributed by atoms with Crippen LogP contribution in [0.5, 0.6) is 0 Å². The quantitative estimate of drug-likeness (QED) is 0.859. The Bertz CT molecular complexity index is 717. The number of carbonyl (C=O) groups is 2. The number of hydrogen-bond donors (Lipinski definition) is 2. The maximum Gasteiger partial charge on any atom is 0.412 e. The van der Waals surface area contributed by atoms with E-state index in [-0.39, 0.29) is 5.91 Å². The van der Waals surface area contributed by atoms with Gasteiger partial charge in [-0.15, -0.1) is 11.3 Å². The maximum absolute atomic E-state index is 12.4. The highest BCUT2D eigenvalue weighted by atomic mass is 32.1. The normalized spacial score (nSPS) is 11.0. The summed E-state index contributed by atoms with van der Waals surface area (Å²) in [4.78, 5) is 24.7. The third-order valence-corrected chi connectivity index (χ3v) is 3.81. The van der Waals surface area contributed by atoms with E-state index in [4.69, 9.17) is 4.74 Å². The first-order valence-electron chi connectivity index (χ1n) is 7.21. The third kappa shape index (κ3) is 4.82. The molecule has 2 N–H and O–H groups in total. The number of para-hydroxylation sites is 1. The molecule has 122 valence electrons. The molecule has 1 aromatic heterocycles. The summed E-state index contributed by atoms with van der Waals surface area (Å²) >= 11 is 1.26. The predicted octanol–water partition coefficient (Wildman–Crippen LogP) is 4.66. The van der Waals surface area contributed by atoms with Crippen LogP contribution in [0.3, 0.4) is 0 Å². The van der Waals surface area contributed by atoms with Crippen molar-refractivity contribution in [1.29, 1.82) is 0 Å². The minimum absolute atomic E-state index is 0.264. The zero-order valence-electron chi connectivity index (χ0n) is 13.6. The van der Waals surface area contributed by atoms with Crippen LogP contribution in [0.4, 0.5) is 16.2 Å². The molecule has 6 heteroatoms. The summed E-state index contributed by atoms with van der Waals surface area (Å²) in [6.07, 6.45) is -0.583. The van der Waals surface area contributed by atoms with Crippen LogP contribution in [0.15, 0.2) is 35.7 Å². The van der Waals surface area contributed by atoms with Crippen molar-refractivity contribution in [2.24, 2.45) is 0 Å². The van der Waals surface area contributed by atoms with E-state index in [0.717, 1.165) is 11.3 Å². The molecule has 0 aliphatic heterocycles. The van der Waals surface area contributed by atoms with Gasteiger partial charge in [-0.1, -0.05) is 18.2 Å². The molecule has 0 aliphatic carbocycles. The fraction of sp³-hybridized carbons (Fsp3) is 0.294. The summed E-state index contributed by atoms with van der Waals surface area (Å²) in [5.74, 6) is -0.264. The molecule has 0 saturated heterocycles. The van der Waals surface area contributed by atoms with E-state index < -0.39 is 11.7 Å². The van der Waals surface area contributed by atoms with E-state index in [1.807, 2.05) is 31.2 Å². The molecule has 0 fully saturated rings. The van der Waals surface area contributed by atoms with Crippen LogP contribution in [0.25, 0.3) is 0 Å². The maximum atomic E-state index is 12.4. The largest absolute Gasteiger partial charge is 0.444 e. The van der Waals surface area contributed by atoms with Crippen molar-refractivity contribution in [2.75, 3.05) is 10.6 Å². The number of amides is 2. The zero-order valence-corrected chi connectivity index (χ0v) is 14.4. The van der Waals surface area contributed by atoms with Crippen LogP contribution in [0.1, 0.15) is 36.0 Å². The second-order valence-corrected chi connectivity index (χ2v) is 6.98. The fourth-order valence-electron chi connectivity index (χ4n) is 1.89. The molecule has 0 atom stereocenters. The van der Waals surface area contributed by atoms with E-state index in [0.29, 0.717) is 10.6 Å². The van der Waals surface area contributed by atoms with Crippen LogP contribution in [-0.4, -0.2) is 17.6 Å². The highest BCUT2D eigenvalue weighted by Gasteiger charge is 2.20. The highest BCUT2D eigenvalue weighted by molar-refractivity contribution is 7.12. The Balaban J connectivity index is 2.10. The van der Waals surface area contributed by atoms with Crippen LogP contribution in [0.2, 0.25) is 0 Å². The van der Waals surface area contributed by atoms with Crippen molar-refractivity contribution in [1.82, 2.24) is 0 Å². The van der Waals surface area contributed by atoms with Gasteiger partial charge in [-0.05, 0) is 50.8 Å². The molecule has 0 saturated carbocycles. The average Bonchev–Trinajstić information content (AvgIpc) is 2.87. The summed E-state index contributed by atoms with van der Waals surface area (Å²) in [5, 5.41) is 7.22. The van der Waals surface area contributed by atoms with Gasteiger partial charge in [0.05, 0.1) is 5.69 Å². The minimum Gasteiger partial charge on any atom is -0.444 e. The van der Waals surface area contributed by atoms with E-state index in [1.165, 1.54) is 11.3 Å². The number of ether oxygens (including phenoxy) is 1. The van der Waals surface area contributed by atoms with Crippen LogP contribution < -0.4 is 10.6 Å². The van der Waals surface area contributed by atoms with Gasteiger partial charge in [0.25, 0.3) is 5.91 Å². The molecule has 0 unspecified atom stereocenters. The van der Waals surface area contributed by atoms with E-state index >= 15 is 0 Å². The van der Waals surface area contributed by atoms with Gasteiger partial charge >= 0.3 is 6.09 Å². The number of aryl methyl sites for hydroxylation is 1. The number of carbonyl (C=O) groups excluding carboxylic acids is 2. The highest BCUT2D eigenvalue weighted by Crippen LogP contribution is 2.25. The molecular formula is C17H20N2O3S. The smallest absolute Gasteiger partial charge is 0.412 e. The van der Waals surface area contributed by atoms with Gasteiger partial charge in [-0.2, -0.15) is 0 Å². The Morgan fingerprint density at radius 1 is 1.04 bits per heavy atom. The van der Waals surface area contributed by atoms with Gasteiger partial charge in [-0.3, -0.25) is 10.1 Å². The Labute approximate surface area is 139 Å². The lowest BCUT2D eigenvalue weighted by atomic mass is 10.2. The van der Waals surface area contributed by atoms with Crippen molar-refractivity contribution in [3.8, 4) is 0 Å². The molecule has 0 bridgehead atoms. The van der Waals surface area contributed by atoms with E-state index in [9.17, 15) is 9.59 Å². The first kappa shape index (κ1) is 17.0. The summed E-state index contributed by atoms with van der Waals surface area (Å²) in [6.45, 7) is 7.27. The van der Waals surface area contributed by atoms with Gasteiger partial charge in [0, 0.05) is 5.69 Å². The van der Waals surface area contributed by atoms with Crippen molar-refractivity contribution in [2.45, 2.75) is 33.3 Å². The monoisotopic (exact) mass is 332 g/mol. The van der Waals surface area contributed by atoms with Crippen molar-refractivity contribution < 1.29 is 14.3 Å². The average molecular weight is 332 g/mol. The molecule has 1 aromatic carbocycles. The molecule has 2 rings (SSSR count). The molecule has 0 aliphatic rings. The molecule has 2 aromatic rings. The Hall–Kier alpha value is -2.34. The second-order valence-electron chi connectivity index (χ2n) is 6.06. The van der Waals surface area contributed by atoms with Gasteiger partial charge in [0.1, 0.15) is 10.5 Å². The standard InChI is InChI=1S/C17H20N2O3S/c1-11-7-5-6-8-12(11)18-15(20)14-13(9-10-23-14)19-16(21)22-17(2,3)4/h5-10H,1-4H3,(H,18,20)(H,19,21). The van der Waals surface area contributed by atoms with Gasteiger partial charge in [0.2, 0.25) is 0 Å². The molecule has 0 spiro atoms. The second kappa shape index (κ2) is 6.83. The Morgan fingerprint density at radius 3 is 2.39 bits per heavy atom. The topological polar surface area (TPSA) is 67.4 Å². The van der Waals surface area contributed by atoms with Crippen LogP contribution >= 0.6 is 11.3 Å². The van der Waals surface area contributed by atoms with Crippen molar-refractivity contribution in [3.63, 3.8) is 0 Å². The summed E-state index contributed by atoms with van der Waals surface area (Å²) in [6, 6.07) is 9.20. The molecule has 0 radical (unpaired) electrons. The lowest BCUT2D eigenvalue weighted by molar-refractivity contribution is 0.0636. The SMILES string of the molecule is Cc1ccccc1NC(=O)c1sccc1NC(=O)OC(C)(C)C. The van der Waals surface area contributed by atoms with Crippen molar-refractivity contribution >= 4 is 34.7 Å². The number of thiophene rings is 1. The van der Waals surface area contributed by atoms with Gasteiger partial charge in [0.15, 0.2) is 0 Å². The molecule has 5 nitrogen and oxygen atoms in total. The first-order valence-corrected chi connectivity index (χ1v) is 8.09. The molecule has 2 amide bonds. The van der Waals surface area contributed by atoms with E-state index in [1.54, 1.807) is 32.2 Å². The fourth-order valence-corrected chi connectivity index (χ4v) is 2.63. The summed E-state index contributed by atoms with van der Waals surface area (Å²) < 4.78 is 5.21. The van der Waals surface area contributed by atoms with Gasteiger partial charge < -0.3 is 10.1 Å². The summed E-state index contributed by atoms with van der Waals surface area (Å²) in [5.41, 5.74) is 1.56. The number of hydrogen-bond acceptors (Lipinski definition) is 4. The van der Waals surface area contributed by atoms with Crippen LogP contribution in [-0.2, 0) is 4.74 Å². The number of rotatable bonds is 3. The van der Waals surface area contributed by atoms with Crippen molar-refractivity contribution in [3.05, 3.63) is 46.2 Å². The molecular weight excluding hydrogens is 312 g/mol. The van der Waals surface area contributed by atoms with E-state index in [2.05, 4.69) is 10.6 Å².